The minimum absolute atomic E-state index is 0.0339. The standard InChI is InChI=1S/C20H30N2O3/c1-16(17-7-4-3-5-8-17)10-11-21-19(23)22-12-6-9-18(15-22)20(2)24-13-14-25-20/h3-5,7-8,16,18H,6,9-15H2,1-2H3,(H,21,23)/t16-,18-/m1/s1. The van der Waals surface area contributed by atoms with Crippen LogP contribution in [0.4, 0.5) is 4.79 Å². The van der Waals surface area contributed by atoms with Gasteiger partial charge >= 0.3 is 6.03 Å². The number of ether oxygens (including phenoxy) is 2. The van der Waals surface area contributed by atoms with E-state index in [4.69, 9.17) is 9.47 Å². The highest BCUT2D eigenvalue weighted by Gasteiger charge is 2.42. The second kappa shape index (κ2) is 8.19. The Kier molecular flexibility index (Phi) is 5.97. The van der Waals surface area contributed by atoms with Crippen molar-refractivity contribution in [3.05, 3.63) is 35.9 Å². The lowest BCUT2D eigenvalue weighted by Gasteiger charge is -2.39. The molecule has 0 saturated carbocycles. The molecule has 1 aromatic rings. The van der Waals surface area contributed by atoms with Gasteiger partial charge in [-0.3, -0.25) is 0 Å². The van der Waals surface area contributed by atoms with Gasteiger partial charge in [-0.05, 0) is 37.7 Å². The van der Waals surface area contributed by atoms with Crippen molar-refractivity contribution in [3.63, 3.8) is 0 Å². The van der Waals surface area contributed by atoms with Crippen LogP contribution in [-0.4, -0.2) is 49.6 Å². The van der Waals surface area contributed by atoms with E-state index in [9.17, 15) is 4.79 Å². The third-order valence-electron chi connectivity index (χ3n) is 5.53. The second-order valence-electron chi connectivity index (χ2n) is 7.33. The first-order valence-electron chi connectivity index (χ1n) is 9.44. The molecule has 1 N–H and O–H groups in total. The first-order chi connectivity index (χ1) is 12.1. The first-order valence-corrected chi connectivity index (χ1v) is 9.44. The number of nitrogens with one attached hydrogen (secondary N) is 1. The van der Waals surface area contributed by atoms with Gasteiger partial charge in [-0.2, -0.15) is 0 Å². The van der Waals surface area contributed by atoms with Crippen LogP contribution >= 0.6 is 0 Å². The second-order valence-corrected chi connectivity index (χ2v) is 7.33. The van der Waals surface area contributed by atoms with Crippen LogP contribution in [0.15, 0.2) is 30.3 Å². The summed E-state index contributed by atoms with van der Waals surface area (Å²) in [5, 5.41) is 3.08. The Morgan fingerprint density at radius 3 is 2.76 bits per heavy atom. The van der Waals surface area contributed by atoms with E-state index in [0.717, 1.165) is 25.8 Å². The summed E-state index contributed by atoms with van der Waals surface area (Å²) >= 11 is 0. The fourth-order valence-corrected chi connectivity index (χ4v) is 3.81. The summed E-state index contributed by atoms with van der Waals surface area (Å²) in [6, 6.07) is 10.5. The van der Waals surface area contributed by atoms with Gasteiger partial charge in [0, 0.05) is 25.6 Å². The van der Waals surface area contributed by atoms with Crippen molar-refractivity contribution in [2.24, 2.45) is 5.92 Å². The summed E-state index contributed by atoms with van der Waals surface area (Å²) in [6.45, 7) is 7.72. The van der Waals surface area contributed by atoms with Gasteiger partial charge in [0.05, 0.1) is 13.2 Å². The minimum Gasteiger partial charge on any atom is -0.347 e. The molecule has 2 saturated heterocycles. The number of rotatable bonds is 5. The van der Waals surface area contributed by atoms with Crippen LogP contribution in [0.5, 0.6) is 0 Å². The van der Waals surface area contributed by atoms with E-state index < -0.39 is 5.79 Å². The highest BCUT2D eigenvalue weighted by atomic mass is 16.7. The number of urea groups is 1. The molecule has 2 atom stereocenters. The van der Waals surface area contributed by atoms with Crippen LogP contribution in [0.1, 0.15) is 44.6 Å². The van der Waals surface area contributed by atoms with E-state index in [1.807, 2.05) is 17.9 Å². The molecule has 2 amide bonds. The Morgan fingerprint density at radius 2 is 2.04 bits per heavy atom. The molecule has 0 unspecified atom stereocenters. The van der Waals surface area contributed by atoms with E-state index in [1.165, 1.54) is 5.56 Å². The summed E-state index contributed by atoms with van der Waals surface area (Å²) in [6.07, 6.45) is 2.99. The smallest absolute Gasteiger partial charge is 0.317 e. The Bertz CT molecular complexity index is 557. The number of amides is 2. The molecule has 0 spiro atoms. The van der Waals surface area contributed by atoms with Crippen molar-refractivity contribution in [2.75, 3.05) is 32.8 Å². The topological polar surface area (TPSA) is 50.8 Å². The van der Waals surface area contributed by atoms with Gasteiger partial charge in [-0.15, -0.1) is 0 Å². The fourth-order valence-electron chi connectivity index (χ4n) is 3.81. The van der Waals surface area contributed by atoms with Gasteiger partial charge in [0.25, 0.3) is 0 Å². The highest BCUT2D eigenvalue weighted by molar-refractivity contribution is 5.74. The van der Waals surface area contributed by atoms with Crippen LogP contribution in [0, 0.1) is 5.92 Å². The Hall–Kier alpha value is -1.59. The predicted molar refractivity (Wildman–Crippen MR) is 97.5 cm³/mol. The zero-order valence-corrected chi connectivity index (χ0v) is 15.4. The van der Waals surface area contributed by atoms with E-state index >= 15 is 0 Å². The molecule has 1 aromatic carbocycles. The number of carbonyl (C=O) groups is 1. The van der Waals surface area contributed by atoms with Crippen molar-refractivity contribution < 1.29 is 14.3 Å². The molecule has 25 heavy (non-hydrogen) atoms. The number of piperidine rings is 1. The predicted octanol–water partition coefficient (Wildman–Crippen LogP) is 3.36. The molecule has 0 radical (unpaired) electrons. The van der Waals surface area contributed by atoms with E-state index in [1.54, 1.807) is 0 Å². The normalized spacial score (nSPS) is 24.1. The molecule has 2 aliphatic rings. The average Bonchev–Trinajstić information content (AvgIpc) is 3.10. The van der Waals surface area contributed by atoms with Crippen molar-refractivity contribution in [3.8, 4) is 0 Å². The molecule has 3 rings (SSSR count). The molecule has 2 aliphatic heterocycles. The van der Waals surface area contributed by atoms with Gasteiger partial charge < -0.3 is 19.7 Å². The van der Waals surface area contributed by atoms with Crippen LogP contribution in [-0.2, 0) is 9.47 Å². The van der Waals surface area contributed by atoms with Gasteiger partial charge in [0.15, 0.2) is 5.79 Å². The maximum absolute atomic E-state index is 12.5. The number of hydrogen-bond donors (Lipinski definition) is 1. The van der Waals surface area contributed by atoms with Crippen LogP contribution < -0.4 is 5.32 Å². The first kappa shape index (κ1) is 18.2. The number of nitrogens with zero attached hydrogens (tertiary/aromatic N) is 1. The summed E-state index contributed by atoms with van der Waals surface area (Å²) in [7, 11) is 0. The Morgan fingerprint density at radius 1 is 1.32 bits per heavy atom. The zero-order chi connectivity index (χ0) is 17.7. The maximum atomic E-state index is 12.5. The summed E-state index contributed by atoms with van der Waals surface area (Å²) < 4.78 is 11.6. The summed E-state index contributed by atoms with van der Waals surface area (Å²) in [5.41, 5.74) is 1.32. The lowest BCUT2D eigenvalue weighted by atomic mass is 9.90. The van der Waals surface area contributed by atoms with Crippen LogP contribution in [0.2, 0.25) is 0 Å². The average molecular weight is 346 g/mol. The maximum Gasteiger partial charge on any atom is 0.317 e. The van der Waals surface area contributed by atoms with Crippen molar-refractivity contribution in [1.29, 1.82) is 0 Å². The highest BCUT2D eigenvalue weighted by Crippen LogP contribution is 2.34. The molecular formula is C20H30N2O3. The molecule has 5 heteroatoms. The lowest BCUT2D eigenvalue weighted by molar-refractivity contribution is -0.189. The zero-order valence-electron chi connectivity index (χ0n) is 15.4. The Balaban J connectivity index is 1.45. The molecule has 0 aromatic heterocycles. The summed E-state index contributed by atoms with van der Waals surface area (Å²) in [4.78, 5) is 14.4. The quantitative estimate of drug-likeness (QED) is 0.889. The molecule has 138 valence electrons. The molecule has 2 heterocycles. The third-order valence-corrected chi connectivity index (χ3v) is 5.53. The van der Waals surface area contributed by atoms with Crippen molar-refractivity contribution in [1.82, 2.24) is 10.2 Å². The minimum atomic E-state index is -0.527. The largest absolute Gasteiger partial charge is 0.347 e. The number of likely N-dealkylation sites (tertiary alicyclic amines) is 1. The molecule has 5 nitrogen and oxygen atoms in total. The van der Waals surface area contributed by atoms with Gasteiger partial charge in [0.1, 0.15) is 0 Å². The van der Waals surface area contributed by atoms with Gasteiger partial charge in [-0.1, -0.05) is 37.3 Å². The summed E-state index contributed by atoms with van der Waals surface area (Å²) in [5.74, 6) is 0.161. The monoisotopic (exact) mass is 346 g/mol. The fraction of sp³-hybridized carbons (Fsp3) is 0.650. The van der Waals surface area contributed by atoms with Crippen molar-refractivity contribution in [2.45, 2.75) is 44.8 Å². The third kappa shape index (κ3) is 4.53. The lowest BCUT2D eigenvalue weighted by Crippen LogP contribution is -2.51. The SMILES string of the molecule is C[C@H](CCNC(=O)N1CCC[C@@H](C2(C)OCCO2)C1)c1ccccc1. The number of carbonyl (C=O) groups excluding carboxylic acids is 1. The molecule has 0 bridgehead atoms. The van der Waals surface area contributed by atoms with Crippen LogP contribution in [0.3, 0.4) is 0 Å². The van der Waals surface area contributed by atoms with E-state index in [-0.39, 0.29) is 11.9 Å². The van der Waals surface area contributed by atoms with Gasteiger partial charge in [0.2, 0.25) is 0 Å². The molecular weight excluding hydrogens is 316 g/mol. The van der Waals surface area contributed by atoms with E-state index in [2.05, 4.69) is 36.5 Å². The number of hydrogen-bond acceptors (Lipinski definition) is 3. The van der Waals surface area contributed by atoms with Gasteiger partial charge in [-0.25, -0.2) is 4.79 Å². The van der Waals surface area contributed by atoms with Crippen molar-refractivity contribution >= 4 is 6.03 Å². The number of benzene rings is 1. The Labute approximate surface area is 150 Å². The van der Waals surface area contributed by atoms with E-state index in [0.29, 0.717) is 32.2 Å². The molecule has 0 aliphatic carbocycles. The molecule has 2 fully saturated rings. The van der Waals surface area contributed by atoms with Crippen LogP contribution in [0.25, 0.3) is 0 Å².